The Morgan fingerprint density at radius 3 is 2.61 bits per heavy atom. The minimum atomic E-state index is 0.563. The van der Waals surface area contributed by atoms with Gasteiger partial charge in [-0.25, -0.2) is 9.97 Å². The predicted octanol–water partition coefficient (Wildman–Crippen LogP) is 1.98. The summed E-state index contributed by atoms with van der Waals surface area (Å²) in [7, 11) is 0. The van der Waals surface area contributed by atoms with Crippen molar-refractivity contribution in [3.05, 3.63) is 17.1 Å². The third kappa shape index (κ3) is 2.06. The number of nitrogens with zero attached hydrogens (tertiary/aromatic N) is 3. The maximum Gasteiger partial charge on any atom is 0.146 e. The molecule has 0 saturated carbocycles. The normalized spacial score (nSPS) is 11.3. The lowest BCUT2D eigenvalue weighted by Crippen LogP contribution is -2.08. The molecule has 0 spiro atoms. The number of rotatable bonds is 4. The van der Waals surface area contributed by atoms with E-state index in [2.05, 4.69) is 28.4 Å². The van der Waals surface area contributed by atoms with Gasteiger partial charge >= 0.3 is 0 Å². The average molecular weight is 248 g/mol. The van der Waals surface area contributed by atoms with Crippen LogP contribution < -0.4 is 5.73 Å². The number of aryl methyl sites for hydroxylation is 2. The minimum Gasteiger partial charge on any atom is -0.383 e. The Kier molecular flexibility index (Phi) is 3.52. The Balaban J connectivity index is 2.54. The Morgan fingerprint density at radius 1 is 1.22 bits per heavy atom. The SMILES string of the molecule is CCOCCn1c(C)c(C)c2c(N)nc(C)nc21. The van der Waals surface area contributed by atoms with Gasteiger partial charge in [-0.3, -0.25) is 0 Å². The molecule has 5 nitrogen and oxygen atoms in total. The van der Waals surface area contributed by atoms with Gasteiger partial charge in [0.25, 0.3) is 0 Å². The molecule has 2 aromatic heterocycles. The highest BCUT2D eigenvalue weighted by Crippen LogP contribution is 2.27. The molecule has 0 unspecified atom stereocenters. The second-order valence-electron chi connectivity index (χ2n) is 4.41. The summed E-state index contributed by atoms with van der Waals surface area (Å²) in [5, 5.41) is 0.967. The highest BCUT2D eigenvalue weighted by Gasteiger charge is 2.15. The Labute approximate surface area is 107 Å². The van der Waals surface area contributed by atoms with Crippen LogP contribution >= 0.6 is 0 Å². The number of anilines is 1. The lowest BCUT2D eigenvalue weighted by Gasteiger charge is -2.08. The maximum absolute atomic E-state index is 6.00. The fraction of sp³-hybridized carbons (Fsp3) is 0.538. The first-order chi connectivity index (χ1) is 8.56. The van der Waals surface area contributed by atoms with Gasteiger partial charge in [-0.1, -0.05) is 0 Å². The Morgan fingerprint density at radius 2 is 1.94 bits per heavy atom. The molecule has 98 valence electrons. The van der Waals surface area contributed by atoms with Crippen LogP contribution in [-0.2, 0) is 11.3 Å². The van der Waals surface area contributed by atoms with Crippen molar-refractivity contribution >= 4 is 16.9 Å². The Bertz CT molecular complexity index is 574. The summed E-state index contributed by atoms with van der Waals surface area (Å²) < 4.78 is 7.57. The zero-order chi connectivity index (χ0) is 13.3. The van der Waals surface area contributed by atoms with E-state index in [-0.39, 0.29) is 0 Å². The molecule has 0 aliphatic rings. The molecule has 0 saturated heterocycles. The van der Waals surface area contributed by atoms with Crippen molar-refractivity contribution in [1.29, 1.82) is 0 Å². The molecule has 0 aliphatic heterocycles. The highest BCUT2D eigenvalue weighted by molar-refractivity contribution is 5.91. The molecule has 0 aliphatic carbocycles. The first-order valence-corrected chi connectivity index (χ1v) is 6.23. The largest absolute Gasteiger partial charge is 0.383 e. The molecular weight excluding hydrogens is 228 g/mol. The molecule has 0 fully saturated rings. The van der Waals surface area contributed by atoms with E-state index >= 15 is 0 Å². The van der Waals surface area contributed by atoms with Crippen LogP contribution in [0, 0.1) is 20.8 Å². The van der Waals surface area contributed by atoms with Crippen LogP contribution in [0.2, 0.25) is 0 Å². The monoisotopic (exact) mass is 248 g/mol. The molecule has 0 bridgehead atoms. The summed E-state index contributed by atoms with van der Waals surface area (Å²) >= 11 is 0. The van der Waals surface area contributed by atoms with E-state index in [1.807, 2.05) is 13.8 Å². The van der Waals surface area contributed by atoms with Gasteiger partial charge in [0, 0.05) is 18.8 Å². The standard InChI is InChI=1S/C13H20N4O/c1-5-18-7-6-17-9(3)8(2)11-12(14)15-10(4)16-13(11)17/h5-7H2,1-4H3,(H2,14,15,16). The van der Waals surface area contributed by atoms with E-state index in [0.717, 1.165) is 29.7 Å². The van der Waals surface area contributed by atoms with Crippen LogP contribution in [-0.4, -0.2) is 27.7 Å². The van der Waals surface area contributed by atoms with E-state index in [9.17, 15) is 0 Å². The van der Waals surface area contributed by atoms with Crippen LogP contribution in [0.4, 0.5) is 5.82 Å². The van der Waals surface area contributed by atoms with Gasteiger partial charge in [-0.2, -0.15) is 0 Å². The van der Waals surface area contributed by atoms with E-state index in [1.54, 1.807) is 0 Å². The van der Waals surface area contributed by atoms with Crippen LogP contribution in [0.1, 0.15) is 24.0 Å². The molecule has 2 aromatic rings. The summed E-state index contributed by atoms with van der Waals surface area (Å²) in [6.07, 6.45) is 0. The minimum absolute atomic E-state index is 0.563. The third-order valence-electron chi connectivity index (χ3n) is 3.27. The van der Waals surface area contributed by atoms with E-state index in [1.165, 1.54) is 5.69 Å². The van der Waals surface area contributed by atoms with Crippen molar-refractivity contribution in [3.8, 4) is 0 Å². The van der Waals surface area contributed by atoms with Gasteiger partial charge in [0.1, 0.15) is 17.3 Å². The van der Waals surface area contributed by atoms with E-state index in [0.29, 0.717) is 18.2 Å². The first-order valence-electron chi connectivity index (χ1n) is 6.23. The fourth-order valence-electron chi connectivity index (χ4n) is 2.25. The number of ether oxygens (including phenoxy) is 1. The van der Waals surface area contributed by atoms with Crippen molar-refractivity contribution in [1.82, 2.24) is 14.5 Å². The van der Waals surface area contributed by atoms with Gasteiger partial charge in [0.05, 0.1) is 12.0 Å². The Hall–Kier alpha value is -1.62. The van der Waals surface area contributed by atoms with Gasteiger partial charge in [-0.05, 0) is 33.3 Å². The molecule has 0 atom stereocenters. The summed E-state index contributed by atoms with van der Waals surface area (Å²) in [5.41, 5.74) is 9.24. The maximum atomic E-state index is 6.00. The third-order valence-corrected chi connectivity index (χ3v) is 3.27. The van der Waals surface area contributed by atoms with Gasteiger partial charge in [0.15, 0.2) is 0 Å². The topological polar surface area (TPSA) is 66.0 Å². The zero-order valence-electron chi connectivity index (χ0n) is 11.4. The molecule has 0 radical (unpaired) electrons. The second kappa shape index (κ2) is 4.94. The fourth-order valence-corrected chi connectivity index (χ4v) is 2.25. The first kappa shape index (κ1) is 12.8. The summed E-state index contributed by atoms with van der Waals surface area (Å²) in [5.74, 6) is 1.27. The molecule has 2 N–H and O–H groups in total. The molecule has 18 heavy (non-hydrogen) atoms. The molecule has 2 rings (SSSR count). The lowest BCUT2D eigenvalue weighted by atomic mass is 10.2. The van der Waals surface area contributed by atoms with Gasteiger partial charge in [0.2, 0.25) is 0 Å². The van der Waals surface area contributed by atoms with Crippen LogP contribution in [0.25, 0.3) is 11.0 Å². The summed E-state index contributed by atoms with van der Waals surface area (Å²) in [6.45, 7) is 10.2. The quantitative estimate of drug-likeness (QED) is 0.840. The number of nitrogens with two attached hydrogens (primary N) is 1. The zero-order valence-corrected chi connectivity index (χ0v) is 11.4. The van der Waals surface area contributed by atoms with Gasteiger partial charge < -0.3 is 15.0 Å². The molecule has 0 amide bonds. The number of hydrogen-bond donors (Lipinski definition) is 1. The molecule has 0 aromatic carbocycles. The molecule has 5 heteroatoms. The summed E-state index contributed by atoms with van der Waals surface area (Å²) in [4.78, 5) is 8.75. The number of nitrogen functional groups attached to an aromatic ring is 1. The number of aromatic nitrogens is 3. The summed E-state index contributed by atoms with van der Waals surface area (Å²) in [6, 6.07) is 0. The van der Waals surface area contributed by atoms with Crippen LogP contribution in [0.15, 0.2) is 0 Å². The number of fused-ring (bicyclic) bond motifs is 1. The smallest absolute Gasteiger partial charge is 0.146 e. The van der Waals surface area contributed by atoms with E-state index < -0.39 is 0 Å². The number of hydrogen-bond acceptors (Lipinski definition) is 4. The van der Waals surface area contributed by atoms with Crippen molar-refractivity contribution in [2.24, 2.45) is 0 Å². The van der Waals surface area contributed by atoms with Gasteiger partial charge in [-0.15, -0.1) is 0 Å². The van der Waals surface area contributed by atoms with Crippen molar-refractivity contribution in [2.75, 3.05) is 18.9 Å². The predicted molar refractivity (Wildman–Crippen MR) is 72.6 cm³/mol. The van der Waals surface area contributed by atoms with Crippen LogP contribution in [0.5, 0.6) is 0 Å². The average Bonchev–Trinajstić information content (AvgIpc) is 2.54. The highest BCUT2D eigenvalue weighted by atomic mass is 16.5. The van der Waals surface area contributed by atoms with Crippen molar-refractivity contribution in [2.45, 2.75) is 34.2 Å². The van der Waals surface area contributed by atoms with Crippen molar-refractivity contribution in [3.63, 3.8) is 0 Å². The molecular formula is C13H20N4O. The van der Waals surface area contributed by atoms with Crippen molar-refractivity contribution < 1.29 is 4.74 Å². The van der Waals surface area contributed by atoms with Crippen LogP contribution in [0.3, 0.4) is 0 Å². The lowest BCUT2D eigenvalue weighted by molar-refractivity contribution is 0.139. The molecule has 2 heterocycles. The second-order valence-corrected chi connectivity index (χ2v) is 4.41. The van der Waals surface area contributed by atoms with E-state index in [4.69, 9.17) is 10.5 Å².